The Balaban J connectivity index is 3.21. The van der Waals surface area contributed by atoms with Gasteiger partial charge in [0.05, 0.1) is 0 Å². The zero-order chi connectivity index (χ0) is 8.20. The Labute approximate surface area is 74.5 Å². The third kappa shape index (κ3) is 9.01. The molecule has 0 N–H and O–H groups in total. The summed E-state index contributed by atoms with van der Waals surface area (Å²) in [6, 6.07) is 0. The summed E-state index contributed by atoms with van der Waals surface area (Å²) in [5.74, 6) is 1.19. The highest BCUT2D eigenvalue weighted by atomic mass is 33.5. The molecule has 0 heterocycles. The fourth-order valence-electron chi connectivity index (χ4n) is 0.424. The minimum absolute atomic E-state index is 0.635. The largest absolute Gasteiger partial charge is 0.309 e. The van der Waals surface area contributed by atoms with Crippen LogP contribution in [0.5, 0.6) is 0 Å². The van der Waals surface area contributed by atoms with E-state index in [0.717, 1.165) is 6.54 Å². The fourth-order valence-corrected chi connectivity index (χ4v) is 3.39. The molecule has 0 spiro atoms. The van der Waals surface area contributed by atoms with Crippen molar-refractivity contribution < 1.29 is 0 Å². The van der Waals surface area contributed by atoms with Crippen molar-refractivity contribution in [1.82, 2.24) is 4.90 Å². The smallest absolute Gasteiger partial charge is 0.0157 e. The standard InChI is InChI=1S/C6H17NS3/c1-7(2)5-6-9-10(3,4)8/h8H,5-6H2,1-4H3. The molecule has 10 heavy (non-hydrogen) atoms. The van der Waals surface area contributed by atoms with E-state index in [2.05, 4.69) is 43.2 Å². The van der Waals surface area contributed by atoms with Crippen molar-refractivity contribution in [3.8, 4) is 0 Å². The molecule has 0 unspecified atom stereocenters. The summed E-state index contributed by atoms with van der Waals surface area (Å²) < 4.78 is 0. The Morgan fingerprint density at radius 3 is 2.20 bits per heavy atom. The van der Waals surface area contributed by atoms with Crippen LogP contribution in [0.15, 0.2) is 0 Å². The van der Waals surface area contributed by atoms with E-state index in [1.807, 2.05) is 10.8 Å². The first kappa shape index (κ1) is 11.0. The molecule has 0 aliphatic rings. The van der Waals surface area contributed by atoms with Crippen LogP contribution in [0.25, 0.3) is 0 Å². The fraction of sp³-hybridized carbons (Fsp3) is 1.00. The van der Waals surface area contributed by atoms with Crippen molar-refractivity contribution in [2.24, 2.45) is 0 Å². The van der Waals surface area contributed by atoms with Crippen molar-refractivity contribution >= 4 is 30.5 Å². The first-order chi connectivity index (χ1) is 4.42. The number of rotatable bonds is 4. The van der Waals surface area contributed by atoms with Crippen LogP contribution in [0, 0.1) is 0 Å². The predicted octanol–water partition coefficient (Wildman–Crippen LogP) is 2.11. The highest BCUT2D eigenvalue weighted by molar-refractivity contribution is 9.21. The number of nitrogens with zero attached hydrogens (tertiary/aromatic N) is 1. The maximum atomic E-state index is 4.48. The third-order valence-corrected chi connectivity index (χ3v) is 5.02. The molecule has 0 atom stereocenters. The summed E-state index contributed by atoms with van der Waals surface area (Å²) in [6.07, 6.45) is 4.41. The Hall–Kier alpha value is 1.01. The normalized spacial score (nSPS) is 14.2. The lowest BCUT2D eigenvalue weighted by Gasteiger charge is -2.23. The van der Waals surface area contributed by atoms with Crippen molar-refractivity contribution in [3.05, 3.63) is 0 Å². The molecule has 0 amide bonds. The first-order valence-corrected chi connectivity index (χ1v) is 8.17. The molecule has 0 aromatic rings. The van der Waals surface area contributed by atoms with E-state index in [9.17, 15) is 0 Å². The summed E-state index contributed by atoms with van der Waals surface area (Å²) in [6.45, 7) is 1.15. The molecule has 0 aliphatic heterocycles. The molecule has 0 bridgehead atoms. The van der Waals surface area contributed by atoms with Gasteiger partial charge in [0.1, 0.15) is 0 Å². The minimum atomic E-state index is -0.635. The summed E-state index contributed by atoms with van der Waals surface area (Å²) in [7, 11) is 5.53. The van der Waals surface area contributed by atoms with Crippen molar-refractivity contribution in [2.45, 2.75) is 0 Å². The molecule has 0 rings (SSSR count). The molecule has 0 saturated carbocycles. The summed E-state index contributed by atoms with van der Waals surface area (Å²) >= 11 is 4.48. The number of thiol groups is 1. The van der Waals surface area contributed by atoms with E-state index in [1.165, 1.54) is 5.75 Å². The monoisotopic (exact) mass is 199 g/mol. The van der Waals surface area contributed by atoms with Gasteiger partial charge in [-0.2, -0.15) is 8.09 Å². The van der Waals surface area contributed by atoms with E-state index in [-0.39, 0.29) is 0 Å². The van der Waals surface area contributed by atoms with Gasteiger partial charge in [0.25, 0.3) is 0 Å². The molecule has 0 aromatic carbocycles. The average Bonchev–Trinajstić information content (AvgIpc) is 1.59. The molecule has 4 heteroatoms. The lowest BCUT2D eigenvalue weighted by Crippen LogP contribution is -2.14. The molecule has 0 aliphatic carbocycles. The quantitative estimate of drug-likeness (QED) is 0.546. The Morgan fingerprint density at radius 1 is 1.40 bits per heavy atom. The van der Waals surface area contributed by atoms with Gasteiger partial charge in [0.15, 0.2) is 0 Å². The van der Waals surface area contributed by atoms with Gasteiger partial charge >= 0.3 is 0 Å². The molecule has 0 radical (unpaired) electrons. The van der Waals surface area contributed by atoms with Crippen molar-refractivity contribution in [3.63, 3.8) is 0 Å². The van der Waals surface area contributed by atoms with Crippen LogP contribution in [0.1, 0.15) is 0 Å². The Bertz CT molecular complexity index is 87.5. The first-order valence-electron chi connectivity index (χ1n) is 3.17. The van der Waals surface area contributed by atoms with Crippen LogP contribution >= 0.6 is 30.5 Å². The van der Waals surface area contributed by atoms with Gasteiger partial charge in [-0.1, -0.05) is 0 Å². The third-order valence-electron chi connectivity index (χ3n) is 0.910. The zero-order valence-corrected chi connectivity index (χ0v) is 9.65. The molecule has 64 valence electrons. The highest BCUT2D eigenvalue weighted by Crippen LogP contribution is 2.57. The maximum absolute atomic E-state index is 4.48. The van der Waals surface area contributed by atoms with E-state index < -0.39 is 8.09 Å². The molecular weight excluding hydrogens is 182 g/mol. The SMILES string of the molecule is CN(C)CCSS(C)(C)S. The second-order valence-electron chi connectivity index (χ2n) is 2.81. The maximum Gasteiger partial charge on any atom is 0.0157 e. The summed E-state index contributed by atoms with van der Waals surface area (Å²) in [4.78, 5) is 2.20. The summed E-state index contributed by atoms with van der Waals surface area (Å²) in [5, 5.41) is 0. The second-order valence-corrected chi connectivity index (χ2v) is 12.5. The topological polar surface area (TPSA) is 3.24 Å². The second kappa shape index (κ2) is 4.80. The minimum Gasteiger partial charge on any atom is -0.309 e. The van der Waals surface area contributed by atoms with Crippen LogP contribution in [-0.4, -0.2) is 43.8 Å². The van der Waals surface area contributed by atoms with E-state index in [4.69, 9.17) is 0 Å². The average molecular weight is 199 g/mol. The van der Waals surface area contributed by atoms with Crippen molar-refractivity contribution in [2.75, 3.05) is 38.9 Å². The predicted molar refractivity (Wildman–Crippen MR) is 59.4 cm³/mol. The molecule has 1 nitrogen and oxygen atoms in total. The lowest BCUT2D eigenvalue weighted by atomic mass is 10.7. The van der Waals surface area contributed by atoms with E-state index in [1.54, 1.807) is 0 Å². The van der Waals surface area contributed by atoms with Gasteiger partial charge in [-0.3, -0.25) is 0 Å². The Kier molecular flexibility index (Phi) is 5.29. The molecule has 0 fully saturated rings. The van der Waals surface area contributed by atoms with Gasteiger partial charge in [-0.25, -0.2) is 0 Å². The summed E-state index contributed by atoms with van der Waals surface area (Å²) in [5.41, 5.74) is 0. The van der Waals surface area contributed by atoms with Gasteiger partial charge in [-0.05, 0) is 26.6 Å². The highest BCUT2D eigenvalue weighted by Gasteiger charge is 2.04. The van der Waals surface area contributed by atoms with Crippen LogP contribution < -0.4 is 0 Å². The molecule has 0 saturated heterocycles. The molecular formula is C6H17NS3. The van der Waals surface area contributed by atoms with Crippen LogP contribution in [0.4, 0.5) is 0 Å². The van der Waals surface area contributed by atoms with Gasteiger partial charge < -0.3 is 4.90 Å². The van der Waals surface area contributed by atoms with Gasteiger partial charge in [0.2, 0.25) is 0 Å². The molecule has 0 aromatic heterocycles. The van der Waals surface area contributed by atoms with Gasteiger partial charge in [-0.15, -0.1) is 22.5 Å². The van der Waals surface area contributed by atoms with Crippen LogP contribution in [0.3, 0.4) is 0 Å². The Morgan fingerprint density at radius 2 is 1.90 bits per heavy atom. The van der Waals surface area contributed by atoms with Gasteiger partial charge in [0, 0.05) is 12.3 Å². The van der Waals surface area contributed by atoms with Crippen molar-refractivity contribution in [1.29, 1.82) is 0 Å². The van der Waals surface area contributed by atoms with Crippen LogP contribution in [-0.2, 0) is 0 Å². The van der Waals surface area contributed by atoms with Crippen LogP contribution in [0.2, 0.25) is 0 Å². The lowest BCUT2D eigenvalue weighted by molar-refractivity contribution is 0.438. The van der Waals surface area contributed by atoms with E-state index in [0.29, 0.717) is 0 Å². The number of hydrogen-bond acceptors (Lipinski definition) is 3. The van der Waals surface area contributed by atoms with E-state index >= 15 is 0 Å². The number of hydrogen-bond donors (Lipinski definition) is 1. The zero-order valence-electron chi connectivity index (χ0n) is 7.13.